The third-order valence-electron chi connectivity index (χ3n) is 3.98. The van der Waals surface area contributed by atoms with Crippen LogP contribution in [0, 0.1) is 12.8 Å². The number of nitrogens with zero attached hydrogens (tertiary/aromatic N) is 3. The summed E-state index contributed by atoms with van der Waals surface area (Å²) in [5.41, 5.74) is 0. The molecule has 6 heteroatoms. The number of hydrogen-bond donors (Lipinski definition) is 0. The number of piperidine rings is 1. The summed E-state index contributed by atoms with van der Waals surface area (Å²) in [6.07, 6.45) is 4.59. The molecule has 0 saturated carbocycles. The number of thiophene rings is 1. The molecule has 0 spiro atoms. The fraction of sp³-hybridized carbons (Fsp3) is 0.562. The maximum atomic E-state index is 12.3. The molecule has 22 heavy (non-hydrogen) atoms. The monoisotopic (exact) mass is 335 g/mol. The first kappa shape index (κ1) is 15.7. The third kappa shape index (κ3) is 3.60. The topological polar surface area (TPSA) is 46.1 Å². The van der Waals surface area contributed by atoms with Crippen LogP contribution in [0.5, 0.6) is 0 Å². The van der Waals surface area contributed by atoms with Gasteiger partial charge in [0.25, 0.3) is 0 Å². The highest BCUT2D eigenvalue weighted by Gasteiger charge is 2.20. The van der Waals surface area contributed by atoms with Gasteiger partial charge in [-0.2, -0.15) is 0 Å². The lowest BCUT2D eigenvalue weighted by molar-refractivity contribution is -0.132. The van der Waals surface area contributed by atoms with Crippen molar-refractivity contribution in [1.82, 2.24) is 14.9 Å². The number of rotatable bonds is 4. The molecule has 1 atom stereocenters. The number of carbonyl (C=O) groups is 1. The van der Waals surface area contributed by atoms with Gasteiger partial charge >= 0.3 is 0 Å². The molecule has 2 aromatic heterocycles. The molecule has 0 aliphatic carbocycles. The number of hydrogen-bond acceptors (Lipinski definition) is 5. The summed E-state index contributed by atoms with van der Waals surface area (Å²) < 4.78 is 0. The van der Waals surface area contributed by atoms with Crippen molar-refractivity contribution in [2.24, 2.45) is 5.92 Å². The molecule has 0 N–H and O–H groups in total. The first-order chi connectivity index (χ1) is 10.6. The van der Waals surface area contributed by atoms with Gasteiger partial charge in [-0.25, -0.2) is 9.97 Å². The van der Waals surface area contributed by atoms with E-state index in [0.29, 0.717) is 12.3 Å². The van der Waals surface area contributed by atoms with Crippen LogP contribution in [-0.4, -0.2) is 39.6 Å². The lowest BCUT2D eigenvalue weighted by Gasteiger charge is -2.31. The Balaban J connectivity index is 1.57. The third-order valence-corrected chi connectivity index (χ3v) is 5.95. The average Bonchev–Trinajstić information content (AvgIpc) is 2.88. The highest BCUT2D eigenvalue weighted by molar-refractivity contribution is 7.99. The van der Waals surface area contributed by atoms with E-state index in [0.717, 1.165) is 40.5 Å². The Labute approximate surface area is 139 Å². The van der Waals surface area contributed by atoms with Crippen molar-refractivity contribution in [1.29, 1.82) is 0 Å². The summed E-state index contributed by atoms with van der Waals surface area (Å²) in [5, 5.41) is 2.11. The van der Waals surface area contributed by atoms with Gasteiger partial charge in [-0.05, 0) is 31.7 Å². The maximum Gasteiger partial charge on any atom is 0.223 e. The Hall–Kier alpha value is -1.14. The van der Waals surface area contributed by atoms with Gasteiger partial charge in [-0.15, -0.1) is 23.1 Å². The summed E-state index contributed by atoms with van der Waals surface area (Å²) in [7, 11) is 0. The normalized spacial score (nSPS) is 18.8. The van der Waals surface area contributed by atoms with Crippen LogP contribution in [0.2, 0.25) is 0 Å². The van der Waals surface area contributed by atoms with Crippen LogP contribution in [0.15, 0.2) is 17.4 Å². The molecular formula is C16H21N3OS2. The minimum absolute atomic E-state index is 0.283. The van der Waals surface area contributed by atoms with Gasteiger partial charge in [0.05, 0.1) is 0 Å². The Morgan fingerprint density at radius 3 is 3.18 bits per heavy atom. The smallest absolute Gasteiger partial charge is 0.223 e. The standard InChI is InChI=1S/C16H21N3OS2/c1-11-4-3-6-19(9-11)14(20)5-7-21-15-13-8-12(2)22-16(13)18-10-17-15/h8,10-11H,3-7,9H2,1-2H3. The summed E-state index contributed by atoms with van der Waals surface area (Å²) in [4.78, 5) is 25.3. The predicted octanol–water partition coefficient (Wildman–Crippen LogP) is 3.74. The van der Waals surface area contributed by atoms with Gasteiger partial charge in [-0.1, -0.05) is 6.92 Å². The molecule has 1 fully saturated rings. The van der Waals surface area contributed by atoms with Crippen molar-refractivity contribution in [3.63, 3.8) is 0 Å². The van der Waals surface area contributed by atoms with E-state index in [2.05, 4.69) is 29.9 Å². The first-order valence-electron chi connectivity index (χ1n) is 7.75. The predicted molar refractivity (Wildman–Crippen MR) is 92.5 cm³/mol. The number of fused-ring (bicyclic) bond motifs is 1. The zero-order valence-electron chi connectivity index (χ0n) is 13.0. The SMILES string of the molecule is Cc1cc2c(SCCC(=O)N3CCCC(C)C3)ncnc2s1. The van der Waals surface area contributed by atoms with Crippen LogP contribution < -0.4 is 0 Å². The van der Waals surface area contributed by atoms with Crippen LogP contribution in [0.25, 0.3) is 10.2 Å². The Bertz CT molecular complexity index is 670. The first-order valence-corrected chi connectivity index (χ1v) is 9.55. The quantitative estimate of drug-likeness (QED) is 0.631. The van der Waals surface area contributed by atoms with Gasteiger partial charge in [0.15, 0.2) is 0 Å². The van der Waals surface area contributed by atoms with Gasteiger partial charge in [0.1, 0.15) is 16.2 Å². The summed E-state index contributed by atoms with van der Waals surface area (Å²) in [6.45, 7) is 6.16. The van der Waals surface area contributed by atoms with E-state index in [1.54, 1.807) is 29.4 Å². The Morgan fingerprint density at radius 2 is 2.36 bits per heavy atom. The highest BCUT2D eigenvalue weighted by Crippen LogP contribution is 2.30. The Morgan fingerprint density at radius 1 is 1.50 bits per heavy atom. The molecule has 1 saturated heterocycles. The molecule has 1 unspecified atom stereocenters. The number of carbonyl (C=O) groups excluding carboxylic acids is 1. The lowest BCUT2D eigenvalue weighted by atomic mass is 10.0. The van der Waals surface area contributed by atoms with Crippen molar-refractivity contribution in [2.45, 2.75) is 38.1 Å². The second-order valence-electron chi connectivity index (χ2n) is 5.94. The largest absolute Gasteiger partial charge is 0.342 e. The molecule has 1 amide bonds. The molecule has 2 aromatic rings. The zero-order chi connectivity index (χ0) is 15.5. The molecule has 3 rings (SSSR count). The number of aromatic nitrogens is 2. The van der Waals surface area contributed by atoms with E-state index >= 15 is 0 Å². The molecule has 3 heterocycles. The van der Waals surface area contributed by atoms with E-state index in [1.807, 2.05) is 4.90 Å². The van der Waals surface area contributed by atoms with Crippen molar-refractivity contribution in [2.75, 3.05) is 18.8 Å². The van der Waals surface area contributed by atoms with E-state index < -0.39 is 0 Å². The molecule has 0 aromatic carbocycles. The molecule has 0 bridgehead atoms. The van der Waals surface area contributed by atoms with Crippen molar-refractivity contribution < 1.29 is 4.79 Å². The van der Waals surface area contributed by atoms with Crippen LogP contribution in [0.1, 0.15) is 31.1 Å². The van der Waals surface area contributed by atoms with Gasteiger partial charge < -0.3 is 4.90 Å². The molecule has 118 valence electrons. The average molecular weight is 335 g/mol. The van der Waals surface area contributed by atoms with E-state index in [4.69, 9.17) is 0 Å². The van der Waals surface area contributed by atoms with E-state index in [-0.39, 0.29) is 5.91 Å². The summed E-state index contributed by atoms with van der Waals surface area (Å²) in [5.74, 6) is 1.71. The Kier molecular flexibility index (Phi) is 4.98. The number of amides is 1. The van der Waals surface area contributed by atoms with Crippen molar-refractivity contribution in [3.05, 3.63) is 17.3 Å². The molecular weight excluding hydrogens is 314 g/mol. The summed E-state index contributed by atoms with van der Waals surface area (Å²) in [6, 6.07) is 2.14. The van der Waals surface area contributed by atoms with E-state index in [9.17, 15) is 4.79 Å². The van der Waals surface area contributed by atoms with E-state index in [1.165, 1.54) is 11.3 Å². The second kappa shape index (κ2) is 6.96. The molecule has 0 radical (unpaired) electrons. The number of aryl methyl sites for hydroxylation is 1. The second-order valence-corrected chi connectivity index (χ2v) is 8.26. The fourth-order valence-electron chi connectivity index (χ4n) is 2.88. The summed E-state index contributed by atoms with van der Waals surface area (Å²) >= 11 is 3.35. The zero-order valence-corrected chi connectivity index (χ0v) is 14.7. The number of likely N-dealkylation sites (tertiary alicyclic amines) is 1. The highest BCUT2D eigenvalue weighted by atomic mass is 32.2. The van der Waals surface area contributed by atoms with Crippen LogP contribution in [-0.2, 0) is 4.79 Å². The molecule has 4 nitrogen and oxygen atoms in total. The van der Waals surface area contributed by atoms with Crippen LogP contribution in [0.3, 0.4) is 0 Å². The molecule has 1 aliphatic heterocycles. The minimum atomic E-state index is 0.283. The van der Waals surface area contributed by atoms with Crippen molar-refractivity contribution >= 4 is 39.2 Å². The fourth-order valence-corrected chi connectivity index (χ4v) is 4.69. The minimum Gasteiger partial charge on any atom is -0.342 e. The van der Waals surface area contributed by atoms with Gasteiger partial charge in [0.2, 0.25) is 5.91 Å². The lowest BCUT2D eigenvalue weighted by Crippen LogP contribution is -2.39. The molecule has 1 aliphatic rings. The number of thioether (sulfide) groups is 1. The van der Waals surface area contributed by atoms with Crippen LogP contribution >= 0.6 is 23.1 Å². The maximum absolute atomic E-state index is 12.3. The van der Waals surface area contributed by atoms with Gasteiger partial charge in [-0.3, -0.25) is 4.79 Å². The van der Waals surface area contributed by atoms with Gasteiger partial charge in [0, 0.05) is 35.5 Å². The van der Waals surface area contributed by atoms with Crippen molar-refractivity contribution in [3.8, 4) is 0 Å². The van der Waals surface area contributed by atoms with Crippen LogP contribution in [0.4, 0.5) is 0 Å².